The summed E-state index contributed by atoms with van der Waals surface area (Å²) in [7, 11) is 0. The van der Waals surface area contributed by atoms with Crippen LogP contribution in [-0.4, -0.2) is 16.9 Å². The van der Waals surface area contributed by atoms with Crippen molar-refractivity contribution in [2.75, 3.05) is 0 Å². The van der Waals surface area contributed by atoms with Crippen molar-refractivity contribution < 1.29 is 14.7 Å². The molecule has 3 heteroatoms. The number of hydrogen-bond acceptors (Lipinski definition) is 2. The molecule has 0 saturated carbocycles. The third kappa shape index (κ3) is 5.55. The minimum absolute atomic E-state index is 0.00727. The van der Waals surface area contributed by atoms with Crippen LogP contribution in [0.2, 0.25) is 0 Å². The zero-order chi connectivity index (χ0) is 15.2. The van der Waals surface area contributed by atoms with E-state index in [0.717, 1.165) is 19.3 Å². The molecule has 0 aliphatic rings. The largest absolute Gasteiger partial charge is 0.481 e. The van der Waals surface area contributed by atoms with E-state index in [0.29, 0.717) is 5.56 Å². The highest BCUT2D eigenvalue weighted by atomic mass is 16.4. The van der Waals surface area contributed by atoms with Crippen LogP contribution in [0.25, 0.3) is 0 Å². The van der Waals surface area contributed by atoms with Crippen molar-refractivity contribution in [3.05, 3.63) is 35.4 Å². The second-order valence-electron chi connectivity index (χ2n) is 6.14. The van der Waals surface area contributed by atoms with Crippen molar-refractivity contribution in [2.24, 2.45) is 5.41 Å². The number of aliphatic carboxylic acids is 1. The first-order valence-electron chi connectivity index (χ1n) is 7.18. The fourth-order valence-corrected chi connectivity index (χ4v) is 2.25. The molecule has 0 aliphatic carbocycles. The molecule has 0 spiro atoms. The number of unbranched alkanes of at least 4 members (excludes halogenated alkanes) is 1. The maximum atomic E-state index is 12.2. The average Bonchev–Trinajstić information content (AvgIpc) is 2.34. The molecule has 1 rings (SSSR count). The van der Waals surface area contributed by atoms with E-state index in [4.69, 9.17) is 5.11 Å². The number of carboxylic acid groups (broad SMARTS) is 1. The van der Waals surface area contributed by atoms with E-state index in [1.54, 1.807) is 0 Å². The summed E-state index contributed by atoms with van der Waals surface area (Å²) in [6.45, 7) is 5.78. The summed E-state index contributed by atoms with van der Waals surface area (Å²) in [5.41, 5.74) is 1.40. The third-order valence-corrected chi connectivity index (χ3v) is 3.36. The Morgan fingerprint density at radius 3 is 2.20 bits per heavy atom. The zero-order valence-corrected chi connectivity index (χ0v) is 12.6. The number of hydrogen-bond donors (Lipinski definition) is 1. The van der Waals surface area contributed by atoms with Crippen molar-refractivity contribution in [1.82, 2.24) is 0 Å². The smallest absolute Gasteiger partial charge is 0.303 e. The highest BCUT2D eigenvalue weighted by molar-refractivity contribution is 5.96. The molecule has 0 aliphatic heterocycles. The third-order valence-electron chi connectivity index (χ3n) is 3.36. The van der Waals surface area contributed by atoms with Crippen molar-refractivity contribution in [3.63, 3.8) is 0 Å². The molecule has 0 unspecified atom stereocenters. The van der Waals surface area contributed by atoms with Gasteiger partial charge >= 0.3 is 5.97 Å². The molecule has 0 aromatic heterocycles. The van der Waals surface area contributed by atoms with Gasteiger partial charge in [0.05, 0.1) is 6.42 Å². The Morgan fingerprint density at radius 2 is 1.70 bits per heavy atom. The molecule has 20 heavy (non-hydrogen) atoms. The number of carbonyl (C=O) groups excluding carboxylic acids is 1. The molecule has 0 fully saturated rings. The molecular weight excluding hydrogens is 252 g/mol. The monoisotopic (exact) mass is 276 g/mol. The molecule has 0 heterocycles. The number of Topliss-reactive ketones (excluding diaryl/α,β-unsaturated/α-hetero) is 1. The topological polar surface area (TPSA) is 54.4 Å². The summed E-state index contributed by atoms with van der Waals surface area (Å²) in [6, 6.07) is 7.69. The molecular formula is C17H24O3. The van der Waals surface area contributed by atoms with Gasteiger partial charge in [-0.2, -0.15) is 0 Å². The SMILES string of the molecule is CCCCc1ccc(C(=O)CC(C)(C)CC(=O)O)cc1. The molecule has 1 aromatic carbocycles. The van der Waals surface area contributed by atoms with Gasteiger partial charge in [0.15, 0.2) is 5.78 Å². The van der Waals surface area contributed by atoms with Crippen LogP contribution >= 0.6 is 0 Å². The minimum atomic E-state index is -0.863. The fourth-order valence-electron chi connectivity index (χ4n) is 2.25. The van der Waals surface area contributed by atoms with Crippen molar-refractivity contribution in [3.8, 4) is 0 Å². The van der Waals surface area contributed by atoms with Gasteiger partial charge in [-0.25, -0.2) is 0 Å². The normalized spacial score (nSPS) is 11.3. The zero-order valence-electron chi connectivity index (χ0n) is 12.6. The van der Waals surface area contributed by atoms with Crippen LogP contribution in [0.1, 0.15) is 62.4 Å². The van der Waals surface area contributed by atoms with Crippen molar-refractivity contribution in [2.45, 2.75) is 52.9 Å². The number of carbonyl (C=O) groups is 2. The van der Waals surface area contributed by atoms with Crippen LogP contribution in [0.4, 0.5) is 0 Å². The Hall–Kier alpha value is -1.64. The lowest BCUT2D eigenvalue weighted by Crippen LogP contribution is -2.21. The fraction of sp³-hybridized carbons (Fsp3) is 0.529. The van der Waals surface area contributed by atoms with Crippen LogP contribution in [0.15, 0.2) is 24.3 Å². The van der Waals surface area contributed by atoms with E-state index in [1.165, 1.54) is 5.56 Å². The van der Waals surface area contributed by atoms with Gasteiger partial charge in [0, 0.05) is 12.0 Å². The van der Waals surface area contributed by atoms with E-state index in [9.17, 15) is 9.59 Å². The molecule has 0 amide bonds. The second kappa shape index (κ2) is 7.22. The second-order valence-corrected chi connectivity index (χ2v) is 6.14. The van der Waals surface area contributed by atoms with E-state index in [2.05, 4.69) is 6.92 Å². The predicted octanol–water partition coefficient (Wildman–Crippen LogP) is 4.10. The van der Waals surface area contributed by atoms with E-state index in [1.807, 2.05) is 38.1 Å². The summed E-state index contributed by atoms with van der Waals surface area (Å²) >= 11 is 0. The molecule has 3 nitrogen and oxygen atoms in total. The molecule has 0 bridgehead atoms. The first kappa shape index (κ1) is 16.4. The lowest BCUT2D eigenvalue weighted by molar-refractivity contribution is -0.139. The van der Waals surface area contributed by atoms with E-state index >= 15 is 0 Å². The number of benzene rings is 1. The van der Waals surface area contributed by atoms with E-state index < -0.39 is 11.4 Å². The van der Waals surface area contributed by atoms with Crippen LogP contribution in [-0.2, 0) is 11.2 Å². The molecule has 1 aromatic rings. The first-order valence-corrected chi connectivity index (χ1v) is 7.18. The van der Waals surface area contributed by atoms with Crippen molar-refractivity contribution >= 4 is 11.8 Å². The minimum Gasteiger partial charge on any atom is -0.481 e. The highest BCUT2D eigenvalue weighted by Gasteiger charge is 2.25. The maximum absolute atomic E-state index is 12.2. The van der Waals surface area contributed by atoms with Crippen LogP contribution in [0.3, 0.4) is 0 Å². The van der Waals surface area contributed by atoms with Crippen LogP contribution < -0.4 is 0 Å². The molecule has 0 atom stereocenters. The first-order chi connectivity index (χ1) is 9.34. The lowest BCUT2D eigenvalue weighted by Gasteiger charge is -2.21. The predicted molar refractivity (Wildman–Crippen MR) is 80.0 cm³/mol. The number of rotatable bonds is 8. The maximum Gasteiger partial charge on any atom is 0.303 e. The van der Waals surface area contributed by atoms with Gasteiger partial charge in [-0.1, -0.05) is 51.5 Å². The summed E-state index contributed by atoms with van der Waals surface area (Å²) in [6.07, 6.45) is 3.61. The van der Waals surface area contributed by atoms with Gasteiger partial charge in [0.25, 0.3) is 0 Å². The molecule has 1 N–H and O–H groups in total. The quantitative estimate of drug-likeness (QED) is 0.727. The van der Waals surface area contributed by atoms with E-state index in [-0.39, 0.29) is 18.6 Å². The number of ketones is 1. The Labute approximate surface area is 121 Å². The lowest BCUT2D eigenvalue weighted by atomic mass is 9.82. The van der Waals surface area contributed by atoms with Gasteiger partial charge in [-0.15, -0.1) is 0 Å². The summed E-state index contributed by atoms with van der Waals surface area (Å²) in [5.74, 6) is -0.851. The molecule has 0 radical (unpaired) electrons. The van der Waals surface area contributed by atoms with Gasteiger partial charge in [-0.05, 0) is 23.8 Å². The van der Waals surface area contributed by atoms with Gasteiger partial charge in [-0.3, -0.25) is 9.59 Å². The summed E-state index contributed by atoms with van der Waals surface area (Å²) in [4.78, 5) is 22.9. The van der Waals surface area contributed by atoms with Crippen LogP contribution in [0.5, 0.6) is 0 Å². The van der Waals surface area contributed by atoms with Crippen LogP contribution in [0, 0.1) is 5.41 Å². The number of aryl methyl sites for hydroxylation is 1. The standard InChI is InChI=1S/C17H24O3/c1-4-5-6-13-7-9-14(10-8-13)15(18)11-17(2,3)12-16(19)20/h7-10H,4-6,11-12H2,1-3H3,(H,19,20). The summed E-state index contributed by atoms with van der Waals surface area (Å²) in [5, 5.41) is 8.84. The Kier molecular flexibility index (Phi) is 5.93. The Morgan fingerprint density at radius 1 is 1.10 bits per heavy atom. The summed E-state index contributed by atoms with van der Waals surface area (Å²) < 4.78 is 0. The Bertz CT molecular complexity index is 458. The highest BCUT2D eigenvalue weighted by Crippen LogP contribution is 2.27. The average molecular weight is 276 g/mol. The van der Waals surface area contributed by atoms with Gasteiger partial charge in [0.2, 0.25) is 0 Å². The Balaban J connectivity index is 2.65. The number of carboxylic acids is 1. The molecule has 110 valence electrons. The van der Waals surface area contributed by atoms with Gasteiger partial charge < -0.3 is 5.11 Å². The van der Waals surface area contributed by atoms with Gasteiger partial charge in [0.1, 0.15) is 0 Å². The van der Waals surface area contributed by atoms with Crippen molar-refractivity contribution in [1.29, 1.82) is 0 Å². The molecule has 0 saturated heterocycles.